The van der Waals surface area contributed by atoms with Gasteiger partial charge in [0.25, 0.3) is 5.91 Å². The molecular formula is C20H26N6O. The van der Waals surface area contributed by atoms with Gasteiger partial charge >= 0.3 is 0 Å². The maximum Gasteiger partial charge on any atom is 0.274 e. The highest BCUT2D eigenvalue weighted by molar-refractivity contribution is 5.92. The van der Waals surface area contributed by atoms with Crippen LogP contribution >= 0.6 is 0 Å². The van der Waals surface area contributed by atoms with Crippen LogP contribution in [0.25, 0.3) is 0 Å². The first-order valence-electron chi connectivity index (χ1n) is 9.43. The van der Waals surface area contributed by atoms with Crippen molar-refractivity contribution < 1.29 is 4.79 Å². The lowest BCUT2D eigenvalue weighted by atomic mass is 10.1. The lowest BCUT2D eigenvalue weighted by Gasteiger charge is -2.29. The monoisotopic (exact) mass is 366 g/mol. The minimum Gasteiger partial charge on any atom is -0.377 e. The first kappa shape index (κ1) is 17.7. The number of benzene rings is 1. The summed E-state index contributed by atoms with van der Waals surface area (Å²) in [7, 11) is 4.12. The van der Waals surface area contributed by atoms with Crippen LogP contribution in [0.4, 0.5) is 11.5 Å². The molecule has 7 nitrogen and oxygen atoms in total. The third-order valence-electron chi connectivity index (χ3n) is 5.45. The van der Waals surface area contributed by atoms with Crippen LogP contribution in [0.1, 0.15) is 34.5 Å². The van der Waals surface area contributed by atoms with E-state index in [2.05, 4.69) is 52.1 Å². The van der Waals surface area contributed by atoms with Crippen LogP contribution < -0.4 is 15.5 Å². The van der Waals surface area contributed by atoms with E-state index in [4.69, 9.17) is 5.73 Å². The summed E-state index contributed by atoms with van der Waals surface area (Å²) in [6.07, 6.45) is 5.00. The van der Waals surface area contributed by atoms with E-state index in [9.17, 15) is 4.79 Å². The van der Waals surface area contributed by atoms with Gasteiger partial charge in [-0.1, -0.05) is 12.1 Å². The second-order valence-corrected chi connectivity index (χ2v) is 7.55. The molecule has 4 rings (SSSR count). The molecule has 1 aromatic heterocycles. The number of anilines is 2. The zero-order valence-electron chi connectivity index (χ0n) is 15.9. The van der Waals surface area contributed by atoms with E-state index in [1.807, 2.05) is 4.90 Å². The summed E-state index contributed by atoms with van der Waals surface area (Å²) in [6, 6.07) is 6.59. The number of amides is 1. The van der Waals surface area contributed by atoms with Gasteiger partial charge in [0, 0.05) is 52.0 Å². The van der Waals surface area contributed by atoms with Crippen LogP contribution in [0.3, 0.4) is 0 Å². The second-order valence-electron chi connectivity index (χ2n) is 7.55. The van der Waals surface area contributed by atoms with Crippen molar-refractivity contribution in [3.63, 3.8) is 0 Å². The van der Waals surface area contributed by atoms with Gasteiger partial charge in [-0.25, -0.2) is 9.97 Å². The lowest BCUT2D eigenvalue weighted by Crippen LogP contribution is -2.43. The fraction of sp³-hybridized carbons (Fsp3) is 0.450. The standard InChI is InChI=1S/C20H26N6O/c1-24(2)18-5-3-4-14-12-26(13-16(14)18)19-11-22-17(10-23-19)20(27)25-8-6-15(21)7-9-25/h3-5,10-11,15H,6-9,12-13,21H2,1-2H3. The van der Waals surface area contributed by atoms with Crippen molar-refractivity contribution in [1.82, 2.24) is 14.9 Å². The van der Waals surface area contributed by atoms with Crippen molar-refractivity contribution in [3.05, 3.63) is 47.4 Å². The number of hydrogen-bond acceptors (Lipinski definition) is 6. The minimum atomic E-state index is -0.0550. The van der Waals surface area contributed by atoms with E-state index in [0.717, 1.165) is 31.7 Å². The first-order chi connectivity index (χ1) is 13.0. The fourth-order valence-corrected chi connectivity index (χ4v) is 3.84. The molecule has 1 amide bonds. The van der Waals surface area contributed by atoms with Gasteiger partial charge < -0.3 is 20.4 Å². The van der Waals surface area contributed by atoms with Gasteiger partial charge in [0.05, 0.1) is 12.4 Å². The average Bonchev–Trinajstić information content (AvgIpc) is 3.12. The third-order valence-corrected chi connectivity index (χ3v) is 5.45. The summed E-state index contributed by atoms with van der Waals surface area (Å²) in [4.78, 5) is 27.7. The fourth-order valence-electron chi connectivity index (χ4n) is 3.84. The van der Waals surface area contributed by atoms with Gasteiger partial charge in [0.15, 0.2) is 0 Å². The summed E-state index contributed by atoms with van der Waals surface area (Å²) in [5.41, 5.74) is 10.2. The molecule has 1 saturated heterocycles. The summed E-state index contributed by atoms with van der Waals surface area (Å²) >= 11 is 0. The number of carbonyl (C=O) groups excluding carboxylic acids is 1. The molecule has 2 aliphatic heterocycles. The number of nitrogens with two attached hydrogens (primary N) is 1. The molecule has 0 aliphatic carbocycles. The smallest absolute Gasteiger partial charge is 0.274 e. The number of rotatable bonds is 3. The topological polar surface area (TPSA) is 78.6 Å². The number of aromatic nitrogens is 2. The molecule has 0 saturated carbocycles. The van der Waals surface area contributed by atoms with Crippen molar-refractivity contribution in [2.24, 2.45) is 5.73 Å². The predicted molar refractivity (Wildman–Crippen MR) is 106 cm³/mol. The Hall–Kier alpha value is -2.67. The number of carbonyl (C=O) groups is 1. The van der Waals surface area contributed by atoms with Crippen LogP contribution in [-0.4, -0.2) is 54.0 Å². The summed E-state index contributed by atoms with van der Waals surface area (Å²) in [5.74, 6) is 0.744. The highest BCUT2D eigenvalue weighted by Crippen LogP contribution is 2.32. The normalized spacial score (nSPS) is 17.1. The molecule has 27 heavy (non-hydrogen) atoms. The molecule has 2 N–H and O–H groups in total. The Morgan fingerprint density at radius 3 is 2.59 bits per heavy atom. The molecule has 0 bridgehead atoms. The molecule has 0 radical (unpaired) electrons. The van der Waals surface area contributed by atoms with E-state index >= 15 is 0 Å². The number of fused-ring (bicyclic) bond motifs is 1. The van der Waals surface area contributed by atoms with Crippen molar-refractivity contribution in [2.75, 3.05) is 37.0 Å². The van der Waals surface area contributed by atoms with Gasteiger partial charge in [-0.2, -0.15) is 0 Å². The molecule has 0 atom stereocenters. The number of likely N-dealkylation sites (tertiary alicyclic amines) is 1. The number of hydrogen-bond donors (Lipinski definition) is 1. The Morgan fingerprint density at radius 2 is 1.93 bits per heavy atom. The maximum atomic E-state index is 12.6. The molecule has 1 aromatic carbocycles. The molecule has 1 fully saturated rings. The summed E-state index contributed by atoms with van der Waals surface area (Å²) in [6.45, 7) is 3.00. The average molecular weight is 366 g/mol. The highest BCUT2D eigenvalue weighted by Gasteiger charge is 2.25. The molecule has 2 aromatic rings. The van der Waals surface area contributed by atoms with E-state index in [-0.39, 0.29) is 11.9 Å². The van der Waals surface area contributed by atoms with E-state index in [0.29, 0.717) is 18.8 Å². The number of nitrogens with zero attached hydrogens (tertiary/aromatic N) is 5. The van der Waals surface area contributed by atoms with Gasteiger partial charge in [-0.15, -0.1) is 0 Å². The van der Waals surface area contributed by atoms with Gasteiger partial charge in [-0.05, 0) is 30.0 Å². The Balaban J connectivity index is 1.47. The summed E-state index contributed by atoms with van der Waals surface area (Å²) in [5, 5.41) is 0. The maximum absolute atomic E-state index is 12.6. The molecule has 0 spiro atoms. The molecule has 142 valence electrons. The van der Waals surface area contributed by atoms with Gasteiger partial charge in [-0.3, -0.25) is 4.79 Å². The van der Waals surface area contributed by atoms with Crippen LogP contribution in [-0.2, 0) is 13.1 Å². The zero-order chi connectivity index (χ0) is 19.0. The lowest BCUT2D eigenvalue weighted by molar-refractivity contribution is 0.0708. The molecule has 7 heteroatoms. The Kier molecular flexibility index (Phi) is 4.70. The highest BCUT2D eigenvalue weighted by atomic mass is 16.2. The van der Waals surface area contributed by atoms with Crippen LogP contribution in [0, 0.1) is 0 Å². The Labute approximate surface area is 159 Å². The quantitative estimate of drug-likeness (QED) is 0.889. The van der Waals surface area contributed by atoms with Crippen molar-refractivity contribution in [3.8, 4) is 0 Å². The van der Waals surface area contributed by atoms with E-state index in [1.165, 1.54) is 16.8 Å². The van der Waals surface area contributed by atoms with Crippen molar-refractivity contribution in [2.45, 2.75) is 32.0 Å². The van der Waals surface area contributed by atoms with Gasteiger partial charge in [0.1, 0.15) is 11.5 Å². The van der Waals surface area contributed by atoms with E-state index in [1.54, 1.807) is 12.4 Å². The molecular weight excluding hydrogens is 340 g/mol. The minimum absolute atomic E-state index is 0.0550. The van der Waals surface area contributed by atoms with Crippen LogP contribution in [0.15, 0.2) is 30.6 Å². The third kappa shape index (κ3) is 3.47. The number of piperidine rings is 1. The van der Waals surface area contributed by atoms with Crippen molar-refractivity contribution >= 4 is 17.4 Å². The second kappa shape index (κ2) is 7.15. The van der Waals surface area contributed by atoms with Crippen LogP contribution in [0.2, 0.25) is 0 Å². The molecule has 3 heterocycles. The zero-order valence-corrected chi connectivity index (χ0v) is 15.9. The summed E-state index contributed by atoms with van der Waals surface area (Å²) < 4.78 is 0. The van der Waals surface area contributed by atoms with Crippen molar-refractivity contribution in [1.29, 1.82) is 0 Å². The SMILES string of the molecule is CN(C)c1cccc2c1CN(c1cnc(C(=O)N3CCC(N)CC3)cn1)C2. The Bertz CT molecular complexity index is 827. The predicted octanol–water partition coefficient (Wildman–Crippen LogP) is 1.63. The van der Waals surface area contributed by atoms with Gasteiger partial charge in [0.2, 0.25) is 0 Å². The van der Waals surface area contributed by atoms with E-state index < -0.39 is 0 Å². The molecule has 0 unspecified atom stereocenters. The molecule has 2 aliphatic rings. The Morgan fingerprint density at radius 1 is 1.15 bits per heavy atom. The first-order valence-corrected chi connectivity index (χ1v) is 9.43. The van der Waals surface area contributed by atoms with Crippen LogP contribution in [0.5, 0.6) is 0 Å². The largest absolute Gasteiger partial charge is 0.377 e.